The second-order valence-corrected chi connectivity index (χ2v) is 17.4. The molecule has 0 saturated heterocycles. The first-order valence-corrected chi connectivity index (χ1v) is 24.9. The fourth-order valence-electron chi connectivity index (χ4n) is 7.99. The zero-order chi connectivity index (χ0) is 39.4. The molecule has 0 rings (SSSR count). The molecule has 2 unspecified atom stereocenters. The number of hydrogen-bond acceptors (Lipinski definition) is 4. The summed E-state index contributed by atoms with van der Waals surface area (Å²) in [4.78, 5) is 25.2. The summed E-state index contributed by atoms with van der Waals surface area (Å²) in [5.74, 6) is 1.07. The maximum absolute atomic E-state index is 12.6. The van der Waals surface area contributed by atoms with E-state index in [0.29, 0.717) is 37.9 Å². The molecule has 0 saturated carbocycles. The highest BCUT2D eigenvalue weighted by Gasteiger charge is 2.14. The first-order valence-electron chi connectivity index (χ1n) is 24.9. The molecule has 4 nitrogen and oxygen atoms in total. The minimum Gasteiger partial charge on any atom is -0.465 e. The molecular weight excluding hydrogens is 665 g/mol. The van der Waals surface area contributed by atoms with Crippen LogP contribution in [0.15, 0.2) is 0 Å². The van der Waals surface area contributed by atoms with E-state index in [1.807, 2.05) is 0 Å². The van der Waals surface area contributed by atoms with Crippen molar-refractivity contribution in [1.82, 2.24) is 0 Å². The number of carbonyl (C=O) groups is 2. The summed E-state index contributed by atoms with van der Waals surface area (Å²) in [5, 5.41) is 0. The molecule has 322 valence electrons. The van der Waals surface area contributed by atoms with E-state index in [-0.39, 0.29) is 11.9 Å². The van der Waals surface area contributed by atoms with Crippen LogP contribution in [0, 0.1) is 11.8 Å². The van der Waals surface area contributed by atoms with Gasteiger partial charge < -0.3 is 9.47 Å². The maximum Gasteiger partial charge on any atom is 0.305 e. The van der Waals surface area contributed by atoms with Crippen LogP contribution in [0.2, 0.25) is 0 Å². The smallest absolute Gasteiger partial charge is 0.305 e. The van der Waals surface area contributed by atoms with Crippen molar-refractivity contribution in [3.05, 3.63) is 0 Å². The number of hydrogen-bond donors (Lipinski definition) is 0. The van der Waals surface area contributed by atoms with Crippen molar-refractivity contribution in [1.29, 1.82) is 0 Å². The molecule has 0 aromatic heterocycles. The van der Waals surface area contributed by atoms with Crippen LogP contribution in [0.25, 0.3) is 0 Å². The predicted molar refractivity (Wildman–Crippen MR) is 236 cm³/mol. The monoisotopic (exact) mass is 763 g/mol. The topological polar surface area (TPSA) is 52.6 Å². The van der Waals surface area contributed by atoms with Gasteiger partial charge in [-0.2, -0.15) is 0 Å². The van der Waals surface area contributed by atoms with Crippen LogP contribution in [0.1, 0.15) is 285 Å². The van der Waals surface area contributed by atoms with Crippen LogP contribution in [-0.2, 0) is 19.1 Å². The standard InChI is InChI=1S/C50H98O4/c1-5-9-13-17-21-23-29-35-41-47(39-33-27-19-15-11-7-3)45-53-49(51)43-37-31-25-26-32-38-44-50(52)54-46-48(40-34-28-20-16-12-8-4)42-36-30-24-22-18-14-10-6-2/h47-48H,5-46H2,1-4H3. The highest BCUT2D eigenvalue weighted by atomic mass is 16.5. The number of carbonyl (C=O) groups excluding carboxylic acids is 2. The minimum atomic E-state index is -0.00109. The largest absolute Gasteiger partial charge is 0.465 e. The lowest BCUT2D eigenvalue weighted by Gasteiger charge is -2.17. The average molecular weight is 763 g/mol. The van der Waals surface area contributed by atoms with E-state index in [9.17, 15) is 9.59 Å². The Hall–Kier alpha value is -1.06. The van der Waals surface area contributed by atoms with Gasteiger partial charge in [-0.25, -0.2) is 0 Å². The Labute approximate surface area is 339 Å². The Bertz CT molecular complexity index is 689. The van der Waals surface area contributed by atoms with Crippen molar-refractivity contribution in [3.8, 4) is 0 Å². The molecule has 0 aromatic carbocycles. The van der Waals surface area contributed by atoms with Crippen LogP contribution in [0.3, 0.4) is 0 Å². The van der Waals surface area contributed by atoms with E-state index < -0.39 is 0 Å². The van der Waals surface area contributed by atoms with Crippen molar-refractivity contribution in [2.75, 3.05) is 13.2 Å². The van der Waals surface area contributed by atoms with E-state index >= 15 is 0 Å². The lowest BCUT2D eigenvalue weighted by atomic mass is 9.94. The normalized spacial score (nSPS) is 12.6. The second-order valence-electron chi connectivity index (χ2n) is 17.4. The van der Waals surface area contributed by atoms with Crippen molar-refractivity contribution in [2.45, 2.75) is 285 Å². The zero-order valence-corrected chi connectivity index (χ0v) is 37.5. The fourth-order valence-corrected chi connectivity index (χ4v) is 7.99. The van der Waals surface area contributed by atoms with Gasteiger partial charge in [0.25, 0.3) is 0 Å². The molecule has 0 radical (unpaired) electrons. The van der Waals surface area contributed by atoms with Gasteiger partial charge in [-0.05, 0) is 50.4 Å². The van der Waals surface area contributed by atoms with Gasteiger partial charge in [0.1, 0.15) is 0 Å². The number of ether oxygens (including phenoxy) is 2. The van der Waals surface area contributed by atoms with Crippen molar-refractivity contribution in [2.24, 2.45) is 11.8 Å². The van der Waals surface area contributed by atoms with Crippen LogP contribution in [0.5, 0.6) is 0 Å². The molecule has 0 amide bonds. The molecule has 0 aromatic rings. The van der Waals surface area contributed by atoms with Gasteiger partial charge >= 0.3 is 11.9 Å². The van der Waals surface area contributed by atoms with Gasteiger partial charge in [0.05, 0.1) is 13.2 Å². The summed E-state index contributed by atoms with van der Waals surface area (Å²) < 4.78 is 11.7. The summed E-state index contributed by atoms with van der Waals surface area (Å²) in [7, 11) is 0. The molecule has 2 atom stereocenters. The molecule has 0 spiro atoms. The molecule has 4 heteroatoms. The summed E-state index contributed by atoms with van der Waals surface area (Å²) >= 11 is 0. The first-order chi connectivity index (χ1) is 26.6. The van der Waals surface area contributed by atoms with E-state index in [2.05, 4.69) is 27.7 Å². The van der Waals surface area contributed by atoms with Crippen LogP contribution < -0.4 is 0 Å². The molecule has 0 aliphatic carbocycles. The van der Waals surface area contributed by atoms with Crippen molar-refractivity contribution >= 4 is 11.9 Å². The summed E-state index contributed by atoms with van der Waals surface area (Å²) in [6, 6.07) is 0. The van der Waals surface area contributed by atoms with Gasteiger partial charge in [0.2, 0.25) is 0 Å². The molecule has 0 aliphatic heterocycles. The summed E-state index contributed by atoms with van der Waals surface area (Å²) in [6.07, 6.45) is 49.7. The Morgan fingerprint density at radius 2 is 0.500 bits per heavy atom. The molecule has 0 heterocycles. The number of rotatable bonds is 45. The molecule has 0 bridgehead atoms. The Balaban J connectivity index is 4.17. The molecular formula is C50H98O4. The maximum atomic E-state index is 12.6. The molecule has 0 fully saturated rings. The highest BCUT2D eigenvalue weighted by molar-refractivity contribution is 5.69. The van der Waals surface area contributed by atoms with Gasteiger partial charge in [-0.3, -0.25) is 9.59 Å². The van der Waals surface area contributed by atoms with Crippen LogP contribution >= 0.6 is 0 Å². The highest BCUT2D eigenvalue weighted by Crippen LogP contribution is 2.22. The zero-order valence-electron chi connectivity index (χ0n) is 37.5. The second kappa shape index (κ2) is 44.7. The van der Waals surface area contributed by atoms with Gasteiger partial charge in [0, 0.05) is 12.8 Å². The quantitative estimate of drug-likeness (QED) is 0.0458. The number of unbranched alkanes of at least 4 members (excludes halogenated alkanes) is 29. The van der Waals surface area contributed by atoms with Gasteiger partial charge in [0.15, 0.2) is 0 Å². The summed E-state index contributed by atoms with van der Waals surface area (Å²) in [5.41, 5.74) is 0. The minimum absolute atomic E-state index is 0.00109. The summed E-state index contributed by atoms with van der Waals surface area (Å²) in [6.45, 7) is 10.4. The lowest BCUT2D eigenvalue weighted by Crippen LogP contribution is -2.14. The van der Waals surface area contributed by atoms with Gasteiger partial charge in [-0.1, -0.05) is 233 Å². The molecule has 0 aliphatic rings. The van der Waals surface area contributed by atoms with E-state index in [1.54, 1.807) is 0 Å². The third-order valence-electron chi connectivity index (χ3n) is 11.8. The molecule has 54 heavy (non-hydrogen) atoms. The third kappa shape index (κ3) is 40.6. The van der Waals surface area contributed by atoms with Gasteiger partial charge in [-0.15, -0.1) is 0 Å². The van der Waals surface area contributed by atoms with E-state index in [1.165, 1.54) is 205 Å². The Morgan fingerprint density at radius 1 is 0.296 bits per heavy atom. The van der Waals surface area contributed by atoms with E-state index in [0.717, 1.165) is 38.5 Å². The Morgan fingerprint density at radius 3 is 0.741 bits per heavy atom. The predicted octanol–water partition coefficient (Wildman–Crippen LogP) is 17.0. The lowest BCUT2D eigenvalue weighted by molar-refractivity contribution is -0.146. The number of esters is 2. The Kier molecular flexibility index (Phi) is 43.8. The average Bonchev–Trinajstić information content (AvgIpc) is 3.17. The van der Waals surface area contributed by atoms with E-state index in [4.69, 9.17) is 9.47 Å². The van der Waals surface area contributed by atoms with Crippen molar-refractivity contribution < 1.29 is 19.1 Å². The molecule has 0 N–H and O–H groups in total. The SMILES string of the molecule is CCCCCCCCCCC(CCCCCCCC)COC(=O)CCCCCCCCC(=O)OCC(CCCCCCCC)CCCCCCCCCC. The van der Waals surface area contributed by atoms with Crippen LogP contribution in [-0.4, -0.2) is 25.2 Å². The van der Waals surface area contributed by atoms with Crippen molar-refractivity contribution in [3.63, 3.8) is 0 Å². The van der Waals surface area contributed by atoms with Crippen LogP contribution in [0.4, 0.5) is 0 Å². The first kappa shape index (κ1) is 52.9. The third-order valence-corrected chi connectivity index (χ3v) is 11.8. The fraction of sp³-hybridized carbons (Fsp3) is 0.960.